The molecule has 2 N–H and O–H groups in total. The Kier molecular flexibility index (Phi) is 6.47. The summed E-state index contributed by atoms with van der Waals surface area (Å²) in [6.07, 6.45) is 2.39. The Morgan fingerprint density at radius 2 is 1.93 bits per heavy atom. The molecule has 2 fully saturated rings. The molecule has 1 saturated carbocycles. The molecular weight excluding hydrogens is 382 g/mol. The zero-order chi connectivity index (χ0) is 20.3. The van der Waals surface area contributed by atoms with Crippen LogP contribution in [0.2, 0.25) is 0 Å². The van der Waals surface area contributed by atoms with Crippen molar-refractivity contribution in [3.8, 4) is 11.5 Å². The van der Waals surface area contributed by atoms with E-state index in [1.165, 1.54) is 37.4 Å². The second-order valence-corrected chi connectivity index (χ2v) is 9.45. The highest BCUT2D eigenvalue weighted by molar-refractivity contribution is 7.89. The summed E-state index contributed by atoms with van der Waals surface area (Å²) in [7, 11) is -0.753. The van der Waals surface area contributed by atoms with Gasteiger partial charge in [0.25, 0.3) is 5.91 Å². The molecule has 1 aromatic carbocycles. The normalized spacial score (nSPS) is 19.8. The molecule has 0 aromatic heterocycles. The van der Waals surface area contributed by atoms with Crippen LogP contribution in [0.25, 0.3) is 0 Å². The lowest BCUT2D eigenvalue weighted by Gasteiger charge is -2.31. The van der Waals surface area contributed by atoms with E-state index in [9.17, 15) is 13.2 Å². The van der Waals surface area contributed by atoms with Gasteiger partial charge in [-0.15, -0.1) is 0 Å². The maximum atomic E-state index is 13.1. The molecule has 28 heavy (non-hydrogen) atoms. The van der Waals surface area contributed by atoms with Crippen molar-refractivity contribution in [1.29, 1.82) is 0 Å². The molecule has 0 spiro atoms. The van der Waals surface area contributed by atoms with Crippen LogP contribution in [0.1, 0.15) is 19.8 Å². The van der Waals surface area contributed by atoms with E-state index in [2.05, 4.69) is 12.2 Å². The molecule has 0 bridgehead atoms. The second-order valence-electron chi connectivity index (χ2n) is 7.54. The number of nitrogens with zero attached hydrogens (tertiary/aromatic N) is 1. The molecule has 1 aromatic rings. The molecule has 156 valence electrons. The molecule has 1 saturated heterocycles. The van der Waals surface area contributed by atoms with Crippen LogP contribution >= 0.6 is 0 Å². The summed E-state index contributed by atoms with van der Waals surface area (Å²) in [5.41, 5.74) is 0. The maximum Gasteiger partial charge on any atom is 0.275 e. The van der Waals surface area contributed by atoms with Crippen LogP contribution in [0.15, 0.2) is 23.1 Å². The van der Waals surface area contributed by atoms with Crippen molar-refractivity contribution in [3.05, 3.63) is 18.2 Å². The number of benzene rings is 1. The van der Waals surface area contributed by atoms with Gasteiger partial charge in [0.15, 0.2) is 6.54 Å². The van der Waals surface area contributed by atoms with E-state index >= 15 is 0 Å². The molecule has 1 heterocycles. The average Bonchev–Trinajstić information content (AvgIpc) is 3.53. The molecule has 9 heteroatoms. The third kappa shape index (κ3) is 4.76. The molecule has 1 amide bonds. The van der Waals surface area contributed by atoms with Gasteiger partial charge in [-0.3, -0.25) is 4.79 Å². The lowest BCUT2D eigenvalue weighted by atomic mass is 10.2. The Morgan fingerprint density at radius 3 is 2.50 bits per heavy atom. The van der Waals surface area contributed by atoms with Gasteiger partial charge in [-0.25, -0.2) is 8.42 Å². The van der Waals surface area contributed by atoms with Crippen LogP contribution in [-0.4, -0.2) is 71.6 Å². The molecule has 1 aliphatic heterocycles. The standard InChI is InChI=1S/C19H29N3O5S/c1-14(15-4-5-15)20-19(23)13-21-8-10-22(11-9-21)28(24,25)18-12-16(26-2)6-7-17(18)27-3/h6-7,12,14-15H,4-5,8-11,13H2,1-3H3,(H,20,23)/p+1/t14-/m0/s1. The van der Waals surface area contributed by atoms with E-state index in [1.54, 1.807) is 12.1 Å². The number of ether oxygens (including phenoxy) is 2. The lowest BCUT2D eigenvalue weighted by molar-refractivity contribution is -0.895. The number of carbonyl (C=O) groups excluding carboxylic acids is 1. The highest BCUT2D eigenvalue weighted by atomic mass is 32.2. The van der Waals surface area contributed by atoms with Gasteiger partial charge < -0.3 is 19.7 Å². The molecule has 1 aliphatic carbocycles. The molecule has 2 aliphatic rings. The van der Waals surface area contributed by atoms with Gasteiger partial charge in [0.05, 0.1) is 40.4 Å². The summed E-state index contributed by atoms with van der Waals surface area (Å²) in [5.74, 6) is 1.42. The Labute approximate surface area is 166 Å². The van der Waals surface area contributed by atoms with Gasteiger partial charge in [-0.2, -0.15) is 4.31 Å². The molecule has 8 nitrogen and oxygen atoms in total. The van der Waals surface area contributed by atoms with Gasteiger partial charge in [-0.1, -0.05) is 0 Å². The van der Waals surface area contributed by atoms with Crippen molar-refractivity contribution in [2.24, 2.45) is 5.92 Å². The van der Waals surface area contributed by atoms with Crippen molar-refractivity contribution >= 4 is 15.9 Å². The smallest absolute Gasteiger partial charge is 0.275 e. The van der Waals surface area contributed by atoms with Gasteiger partial charge in [0, 0.05) is 12.1 Å². The Hall–Kier alpha value is -1.84. The second kappa shape index (κ2) is 8.67. The van der Waals surface area contributed by atoms with E-state index in [1.807, 2.05) is 0 Å². The number of piperazine rings is 1. The monoisotopic (exact) mass is 412 g/mol. The first-order valence-electron chi connectivity index (χ1n) is 9.70. The van der Waals surface area contributed by atoms with Crippen LogP contribution in [-0.2, 0) is 14.8 Å². The zero-order valence-electron chi connectivity index (χ0n) is 16.7. The van der Waals surface area contributed by atoms with Crippen LogP contribution in [0.4, 0.5) is 0 Å². The average molecular weight is 413 g/mol. The number of sulfonamides is 1. The van der Waals surface area contributed by atoms with E-state index in [4.69, 9.17) is 9.47 Å². The number of rotatable bonds is 8. The first-order valence-corrected chi connectivity index (χ1v) is 11.1. The van der Waals surface area contributed by atoms with Gasteiger partial charge in [-0.05, 0) is 37.8 Å². The molecule has 3 rings (SSSR count). The summed E-state index contributed by atoms with van der Waals surface area (Å²) in [5, 5.41) is 3.06. The topological polar surface area (TPSA) is 89.4 Å². The maximum absolute atomic E-state index is 13.1. The summed E-state index contributed by atoms with van der Waals surface area (Å²) in [6.45, 7) is 4.35. The summed E-state index contributed by atoms with van der Waals surface area (Å²) in [6, 6.07) is 4.98. The third-order valence-corrected chi connectivity index (χ3v) is 7.47. The fraction of sp³-hybridized carbons (Fsp3) is 0.632. The highest BCUT2D eigenvalue weighted by Crippen LogP contribution is 2.32. The van der Waals surface area contributed by atoms with Crippen molar-refractivity contribution in [2.45, 2.75) is 30.7 Å². The summed E-state index contributed by atoms with van der Waals surface area (Å²) >= 11 is 0. The number of quaternary nitrogens is 1. The van der Waals surface area contributed by atoms with Gasteiger partial charge in [0.1, 0.15) is 16.4 Å². The first kappa shape index (κ1) is 20.9. The fourth-order valence-electron chi connectivity index (χ4n) is 3.59. The molecule has 0 radical (unpaired) electrons. The number of hydrogen-bond acceptors (Lipinski definition) is 5. The van der Waals surface area contributed by atoms with Crippen LogP contribution in [0.3, 0.4) is 0 Å². The minimum atomic E-state index is -3.70. The van der Waals surface area contributed by atoms with Gasteiger partial charge in [0.2, 0.25) is 10.0 Å². The van der Waals surface area contributed by atoms with Crippen LogP contribution in [0.5, 0.6) is 11.5 Å². The highest BCUT2D eigenvalue weighted by Gasteiger charge is 2.34. The van der Waals surface area contributed by atoms with E-state index < -0.39 is 10.0 Å². The predicted octanol–water partition coefficient (Wildman–Crippen LogP) is -0.492. The lowest BCUT2D eigenvalue weighted by Crippen LogP contribution is -3.15. The minimum absolute atomic E-state index is 0.0418. The first-order chi connectivity index (χ1) is 13.3. The molecule has 1 atom stereocenters. The van der Waals surface area contributed by atoms with Crippen LogP contribution in [0, 0.1) is 5.92 Å². The van der Waals surface area contributed by atoms with Crippen molar-refractivity contribution in [2.75, 3.05) is 46.9 Å². The zero-order valence-corrected chi connectivity index (χ0v) is 17.5. The summed E-state index contributed by atoms with van der Waals surface area (Å²) < 4.78 is 38.0. The third-order valence-electron chi connectivity index (χ3n) is 5.55. The van der Waals surface area contributed by atoms with Crippen LogP contribution < -0.4 is 19.7 Å². The number of nitrogens with one attached hydrogen (secondary N) is 2. The Bertz CT molecular complexity index is 802. The Balaban J connectivity index is 1.60. The number of methoxy groups -OCH3 is 2. The van der Waals surface area contributed by atoms with Crippen molar-refractivity contribution < 1.29 is 27.6 Å². The summed E-state index contributed by atoms with van der Waals surface area (Å²) in [4.78, 5) is 13.4. The van der Waals surface area contributed by atoms with Gasteiger partial charge >= 0.3 is 0 Å². The fourth-order valence-corrected chi connectivity index (χ4v) is 5.20. The minimum Gasteiger partial charge on any atom is -0.497 e. The number of amides is 1. The predicted molar refractivity (Wildman–Crippen MR) is 104 cm³/mol. The van der Waals surface area contributed by atoms with E-state index in [-0.39, 0.29) is 16.8 Å². The van der Waals surface area contributed by atoms with E-state index in [0.717, 1.165) is 4.90 Å². The quantitative estimate of drug-likeness (QED) is 0.601. The Morgan fingerprint density at radius 1 is 1.25 bits per heavy atom. The number of carbonyl (C=O) groups is 1. The SMILES string of the molecule is COc1ccc(OC)c(S(=O)(=O)N2CC[NH+](CC(=O)N[C@@H](C)C3CC3)CC2)c1. The van der Waals surface area contributed by atoms with E-state index in [0.29, 0.717) is 50.1 Å². The van der Waals surface area contributed by atoms with Crippen molar-refractivity contribution in [3.63, 3.8) is 0 Å². The number of hydrogen-bond donors (Lipinski definition) is 2. The largest absolute Gasteiger partial charge is 0.497 e. The molecule has 0 unspecified atom stereocenters. The molecular formula is C19H30N3O5S+. The van der Waals surface area contributed by atoms with Crippen molar-refractivity contribution in [1.82, 2.24) is 9.62 Å².